The van der Waals surface area contributed by atoms with E-state index in [1.807, 2.05) is 13.0 Å². The standard InChI is InChI=1S/C11H14FN.H2/c1-2-8-5-9-3-4-13-7-10(9)6-11(8)12;/h5-6,13H,2-4,7H2,1H3;1H. The number of hydrogen-bond donors (Lipinski definition) is 1. The highest BCUT2D eigenvalue weighted by molar-refractivity contribution is 5.34. The normalized spacial score (nSPS) is 15.5. The zero-order chi connectivity index (χ0) is 9.26. The second-order valence-corrected chi connectivity index (χ2v) is 3.49. The van der Waals surface area contributed by atoms with Gasteiger partial charge >= 0.3 is 0 Å². The maximum atomic E-state index is 13.4. The number of fused-ring (bicyclic) bond motifs is 1. The predicted octanol–water partition coefficient (Wildman–Crippen LogP) is 2.28. The molecule has 1 aliphatic rings. The van der Waals surface area contributed by atoms with E-state index < -0.39 is 0 Å². The van der Waals surface area contributed by atoms with Gasteiger partial charge in [0.25, 0.3) is 0 Å². The third-order valence-corrected chi connectivity index (χ3v) is 2.64. The minimum atomic E-state index is -0.0510. The summed E-state index contributed by atoms with van der Waals surface area (Å²) < 4.78 is 13.4. The van der Waals surface area contributed by atoms with Crippen molar-refractivity contribution in [3.05, 3.63) is 34.6 Å². The number of halogens is 1. The van der Waals surface area contributed by atoms with Gasteiger partial charge in [0.2, 0.25) is 0 Å². The summed E-state index contributed by atoms with van der Waals surface area (Å²) in [5, 5.41) is 3.24. The summed E-state index contributed by atoms with van der Waals surface area (Å²) in [6.45, 7) is 3.82. The van der Waals surface area contributed by atoms with Gasteiger partial charge in [0.05, 0.1) is 0 Å². The van der Waals surface area contributed by atoms with Gasteiger partial charge in [-0.15, -0.1) is 0 Å². The molecule has 2 rings (SSSR count). The first-order chi connectivity index (χ1) is 6.31. The lowest BCUT2D eigenvalue weighted by atomic mass is 9.97. The largest absolute Gasteiger partial charge is 0.312 e. The van der Waals surface area contributed by atoms with Gasteiger partial charge in [0, 0.05) is 7.97 Å². The van der Waals surface area contributed by atoms with Gasteiger partial charge in [-0.25, -0.2) is 4.39 Å². The second-order valence-electron chi connectivity index (χ2n) is 3.49. The third-order valence-electron chi connectivity index (χ3n) is 2.64. The molecule has 0 fully saturated rings. The highest BCUT2D eigenvalue weighted by Crippen LogP contribution is 2.19. The molecule has 0 unspecified atom stereocenters. The lowest BCUT2D eigenvalue weighted by Gasteiger charge is -2.18. The molecule has 72 valence electrons. The monoisotopic (exact) mass is 181 g/mol. The zero-order valence-corrected chi connectivity index (χ0v) is 7.86. The Morgan fingerprint density at radius 1 is 1.46 bits per heavy atom. The molecule has 0 aromatic heterocycles. The van der Waals surface area contributed by atoms with Gasteiger partial charge in [-0.3, -0.25) is 0 Å². The van der Waals surface area contributed by atoms with Crippen molar-refractivity contribution in [2.24, 2.45) is 0 Å². The molecule has 0 amide bonds. The average Bonchev–Trinajstić information content (AvgIpc) is 2.17. The van der Waals surface area contributed by atoms with E-state index in [1.54, 1.807) is 6.07 Å². The van der Waals surface area contributed by atoms with Crippen LogP contribution in [0.3, 0.4) is 0 Å². The molecule has 1 heterocycles. The van der Waals surface area contributed by atoms with Gasteiger partial charge in [0.1, 0.15) is 5.82 Å². The Morgan fingerprint density at radius 3 is 3.08 bits per heavy atom. The van der Waals surface area contributed by atoms with E-state index >= 15 is 0 Å². The van der Waals surface area contributed by atoms with Crippen LogP contribution in [0, 0.1) is 5.82 Å². The molecule has 0 radical (unpaired) electrons. The minimum absolute atomic E-state index is 0. The molecular formula is C11H16FN. The lowest BCUT2D eigenvalue weighted by Crippen LogP contribution is -2.24. The van der Waals surface area contributed by atoms with E-state index in [4.69, 9.17) is 0 Å². The van der Waals surface area contributed by atoms with Crippen LogP contribution in [0.5, 0.6) is 0 Å². The molecule has 0 saturated carbocycles. The van der Waals surface area contributed by atoms with Crippen LogP contribution >= 0.6 is 0 Å². The predicted molar refractivity (Wildman–Crippen MR) is 53.3 cm³/mol. The molecule has 1 aromatic rings. The fourth-order valence-electron chi connectivity index (χ4n) is 1.82. The van der Waals surface area contributed by atoms with Crippen molar-refractivity contribution in [2.45, 2.75) is 26.3 Å². The highest BCUT2D eigenvalue weighted by atomic mass is 19.1. The Labute approximate surface area is 79.5 Å². The molecule has 0 atom stereocenters. The summed E-state index contributed by atoms with van der Waals surface area (Å²) in [5.41, 5.74) is 3.29. The molecule has 1 nitrogen and oxygen atoms in total. The van der Waals surface area contributed by atoms with Crippen molar-refractivity contribution in [3.8, 4) is 0 Å². The zero-order valence-electron chi connectivity index (χ0n) is 7.86. The lowest BCUT2D eigenvalue weighted by molar-refractivity contribution is 0.592. The molecule has 13 heavy (non-hydrogen) atoms. The summed E-state index contributed by atoms with van der Waals surface area (Å²) >= 11 is 0. The minimum Gasteiger partial charge on any atom is -0.312 e. The molecule has 2 heteroatoms. The average molecular weight is 181 g/mol. The number of aryl methyl sites for hydroxylation is 1. The molecule has 0 aliphatic carbocycles. The van der Waals surface area contributed by atoms with Crippen LogP contribution in [0.4, 0.5) is 4.39 Å². The van der Waals surface area contributed by atoms with Gasteiger partial charge in [-0.1, -0.05) is 13.0 Å². The van der Waals surface area contributed by atoms with Crippen molar-refractivity contribution in [1.29, 1.82) is 0 Å². The molecular weight excluding hydrogens is 165 g/mol. The van der Waals surface area contributed by atoms with Crippen LogP contribution < -0.4 is 5.32 Å². The summed E-state index contributed by atoms with van der Waals surface area (Å²) in [6, 6.07) is 3.70. The Kier molecular flexibility index (Phi) is 2.32. The van der Waals surface area contributed by atoms with E-state index in [9.17, 15) is 4.39 Å². The van der Waals surface area contributed by atoms with Crippen molar-refractivity contribution in [3.63, 3.8) is 0 Å². The Morgan fingerprint density at radius 2 is 2.31 bits per heavy atom. The first-order valence-electron chi connectivity index (χ1n) is 4.82. The quantitative estimate of drug-likeness (QED) is 0.701. The van der Waals surface area contributed by atoms with E-state index in [-0.39, 0.29) is 7.24 Å². The maximum Gasteiger partial charge on any atom is 0.126 e. The Balaban J connectivity index is 0.000000980. The first kappa shape index (κ1) is 8.70. The van der Waals surface area contributed by atoms with Crippen LogP contribution in [-0.2, 0) is 19.4 Å². The second kappa shape index (κ2) is 3.46. The summed E-state index contributed by atoms with van der Waals surface area (Å²) in [5.74, 6) is -0.0510. The Hall–Kier alpha value is -0.890. The van der Waals surface area contributed by atoms with Gasteiger partial charge in [-0.2, -0.15) is 0 Å². The molecule has 1 aromatic carbocycles. The van der Waals surface area contributed by atoms with E-state index in [2.05, 4.69) is 5.32 Å². The number of nitrogens with one attached hydrogen (secondary N) is 1. The van der Waals surface area contributed by atoms with E-state index in [0.29, 0.717) is 0 Å². The highest BCUT2D eigenvalue weighted by Gasteiger charge is 2.11. The van der Waals surface area contributed by atoms with Crippen LogP contribution in [0.1, 0.15) is 25.0 Å². The smallest absolute Gasteiger partial charge is 0.126 e. The fourth-order valence-corrected chi connectivity index (χ4v) is 1.82. The third kappa shape index (κ3) is 1.59. The maximum absolute atomic E-state index is 13.4. The molecule has 1 aliphatic heterocycles. The van der Waals surface area contributed by atoms with Gasteiger partial charge < -0.3 is 5.32 Å². The van der Waals surface area contributed by atoms with Gasteiger partial charge in [-0.05, 0) is 42.1 Å². The molecule has 0 saturated heterocycles. The number of rotatable bonds is 1. The summed E-state index contributed by atoms with van der Waals surface area (Å²) in [6.07, 6.45) is 1.81. The Bertz CT molecular complexity index is 325. The van der Waals surface area contributed by atoms with Crippen molar-refractivity contribution in [2.75, 3.05) is 6.54 Å². The first-order valence-corrected chi connectivity index (χ1v) is 4.82. The molecule has 1 N–H and O–H groups in total. The van der Waals surface area contributed by atoms with E-state index in [0.717, 1.165) is 37.1 Å². The van der Waals surface area contributed by atoms with Crippen molar-refractivity contribution in [1.82, 2.24) is 5.32 Å². The number of hydrogen-bond acceptors (Lipinski definition) is 1. The molecule has 0 spiro atoms. The number of benzene rings is 1. The van der Waals surface area contributed by atoms with Crippen LogP contribution in [0.25, 0.3) is 0 Å². The SMILES string of the molecule is CCc1cc2c(cc1F)CNCC2.[HH]. The van der Waals surface area contributed by atoms with Crippen molar-refractivity contribution >= 4 is 0 Å². The van der Waals surface area contributed by atoms with Crippen molar-refractivity contribution < 1.29 is 5.82 Å². The van der Waals surface area contributed by atoms with Crippen LogP contribution in [-0.4, -0.2) is 6.54 Å². The summed E-state index contributed by atoms with van der Waals surface area (Å²) in [7, 11) is 0. The molecule has 0 bridgehead atoms. The topological polar surface area (TPSA) is 12.0 Å². The summed E-state index contributed by atoms with van der Waals surface area (Å²) in [4.78, 5) is 0. The van der Waals surface area contributed by atoms with Crippen LogP contribution in [0.2, 0.25) is 0 Å². The van der Waals surface area contributed by atoms with Crippen LogP contribution in [0.15, 0.2) is 12.1 Å². The van der Waals surface area contributed by atoms with Gasteiger partial charge in [0.15, 0.2) is 0 Å². The van der Waals surface area contributed by atoms with E-state index in [1.165, 1.54) is 5.56 Å². The fraction of sp³-hybridized carbons (Fsp3) is 0.455.